The van der Waals surface area contributed by atoms with Crippen molar-refractivity contribution >= 4 is 29.3 Å². The van der Waals surface area contributed by atoms with E-state index >= 15 is 0 Å². The summed E-state index contributed by atoms with van der Waals surface area (Å²) < 4.78 is 7.38. The third kappa shape index (κ3) is 4.76. The van der Waals surface area contributed by atoms with Gasteiger partial charge in [0.25, 0.3) is 0 Å². The molecule has 0 aromatic carbocycles. The van der Waals surface area contributed by atoms with E-state index in [4.69, 9.17) is 9.73 Å². The number of ether oxygens (including phenoxy) is 1. The number of nitrogens with zero attached hydrogens (tertiary/aromatic N) is 5. The number of amides is 1. The van der Waals surface area contributed by atoms with Crippen LogP contribution in [0.25, 0.3) is 0 Å². The molecule has 0 radical (unpaired) electrons. The predicted molar refractivity (Wildman–Crippen MR) is 109 cm³/mol. The van der Waals surface area contributed by atoms with Gasteiger partial charge < -0.3 is 19.9 Å². The maximum Gasteiger partial charge on any atom is 0.246 e. The Morgan fingerprint density at radius 1 is 1.41 bits per heavy atom. The second kappa shape index (κ2) is 8.97. The first kappa shape index (κ1) is 20.0. The van der Waals surface area contributed by atoms with Gasteiger partial charge in [0.1, 0.15) is 6.54 Å². The van der Waals surface area contributed by atoms with Crippen molar-refractivity contribution in [3.63, 3.8) is 0 Å². The summed E-state index contributed by atoms with van der Waals surface area (Å²) in [7, 11) is 1.86. The number of carbonyl (C=O) groups excluding carboxylic acids is 1. The lowest BCUT2D eigenvalue weighted by atomic mass is 9.99. The van der Waals surface area contributed by atoms with Gasteiger partial charge >= 0.3 is 0 Å². The number of carbonyl (C=O) groups is 1. The summed E-state index contributed by atoms with van der Waals surface area (Å²) in [5.74, 6) is 0.905. The van der Waals surface area contributed by atoms with Crippen molar-refractivity contribution in [3.8, 4) is 0 Å². The van der Waals surface area contributed by atoms with Gasteiger partial charge in [-0.05, 0) is 26.0 Å². The zero-order chi connectivity index (χ0) is 19.3. The van der Waals surface area contributed by atoms with Crippen LogP contribution in [-0.4, -0.2) is 83.5 Å². The SMILES string of the molecule is CCNC(=NCC1(SC)CCOCC1)N1CCN(c2cnn(C)c2)C(=O)C1. The van der Waals surface area contributed by atoms with Crippen molar-refractivity contribution in [2.24, 2.45) is 12.0 Å². The summed E-state index contributed by atoms with van der Waals surface area (Å²) in [6, 6.07) is 0. The maximum absolute atomic E-state index is 12.7. The Morgan fingerprint density at radius 3 is 2.78 bits per heavy atom. The lowest BCUT2D eigenvalue weighted by molar-refractivity contribution is -0.120. The van der Waals surface area contributed by atoms with Crippen LogP contribution in [0.5, 0.6) is 0 Å². The Bertz CT molecular complexity index is 671. The van der Waals surface area contributed by atoms with E-state index < -0.39 is 0 Å². The highest BCUT2D eigenvalue weighted by Gasteiger charge is 2.33. The lowest BCUT2D eigenvalue weighted by Crippen LogP contribution is -2.55. The topological polar surface area (TPSA) is 75.0 Å². The number of anilines is 1. The van der Waals surface area contributed by atoms with E-state index in [9.17, 15) is 4.79 Å². The zero-order valence-corrected chi connectivity index (χ0v) is 17.3. The van der Waals surface area contributed by atoms with Crippen LogP contribution in [0, 0.1) is 0 Å². The van der Waals surface area contributed by atoms with Crippen LogP contribution in [0.3, 0.4) is 0 Å². The van der Waals surface area contributed by atoms with E-state index in [1.54, 1.807) is 15.8 Å². The van der Waals surface area contributed by atoms with E-state index in [0.29, 0.717) is 13.1 Å². The first-order valence-electron chi connectivity index (χ1n) is 9.52. The van der Waals surface area contributed by atoms with E-state index in [1.165, 1.54) is 0 Å². The number of hydrogen-bond donors (Lipinski definition) is 1. The first-order chi connectivity index (χ1) is 13.1. The summed E-state index contributed by atoms with van der Waals surface area (Å²) in [5, 5.41) is 7.53. The van der Waals surface area contributed by atoms with Crippen molar-refractivity contribution < 1.29 is 9.53 Å². The molecule has 2 aliphatic heterocycles. The number of guanidine groups is 1. The average molecular weight is 395 g/mol. The van der Waals surface area contributed by atoms with Crippen LogP contribution in [0.15, 0.2) is 17.4 Å². The molecule has 3 heterocycles. The first-order valence-corrected chi connectivity index (χ1v) is 10.7. The van der Waals surface area contributed by atoms with Crippen molar-refractivity contribution in [2.45, 2.75) is 24.5 Å². The van der Waals surface area contributed by atoms with Crippen LogP contribution >= 0.6 is 11.8 Å². The fourth-order valence-electron chi connectivity index (χ4n) is 3.49. The molecule has 1 aromatic rings. The highest BCUT2D eigenvalue weighted by Crippen LogP contribution is 2.34. The molecule has 1 N–H and O–H groups in total. The lowest BCUT2D eigenvalue weighted by Gasteiger charge is -2.37. The number of nitrogens with one attached hydrogen (secondary N) is 1. The molecule has 2 fully saturated rings. The van der Waals surface area contributed by atoms with Crippen molar-refractivity contribution in [3.05, 3.63) is 12.4 Å². The highest BCUT2D eigenvalue weighted by atomic mass is 32.2. The largest absolute Gasteiger partial charge is 0.381 e. The third-order valence-electron chi connectivity index (χ3n) is 5.21. The summed E-state index contributed by atoms with van der Waals surface area (Å²) in [6.07, 6.45) is 7.81. The normalized spacial score (nSPS) is 20.9. The Kier molecular flexibility index (Phi) is 6.64. The Balaban J connectivity index is 1.67. The van der Waals surface area contributed by atoms with Crippen LogP contribution in [0.1, 0.15) is 19.8 Å². The van der Waals surface area contributed by atoms with Gasteiger partial charge in [-0.1, -0.05) is 0 Å². The molecule has 27 heavy (non-hydrogen) atoms. The van der Waals surface area contributed by atoms with Gasteiger partial charge in [-0.3, -0.25) is 14.5 Å². The summed E-state index contributed by atoms with van der Waals surface area (Å²) >= 11 is 1.88. The van der Waals surface area contributed by atoms with E-state index in [1.807, 2.05) is 25.0 Å². The fraction of sp³-hybridized carbons (Fsp3) is 0.722. The molecule has 0 bridgehead atoms. The monoisotopic (exact) mass is 394 g/mol. The number of piperazine rings is 1. The molecule has 0 atom stereocenters. The van der Waals surface area contributed by atoms with Gasteiger partial charge in [0, 0.05) is 50.8 Å². The minimum Gasteiger partial charge on any atom is -0.381 e. The number of thioether (sulfide) groups is 1. The van der Waals surface area contributed by atoms with E-state index in [2.05, 4.69) is 28.5 Å². The highest BCUT2D eigenvalue weighted by molar-refractivity contribution is 8.00. The fourth-order valence-corrected chi connectivity index (χ4v) is 4.26. The molecule has 1 aromatic heterocycles. The molecule has 2 aliphatic rings. The average Bonchev–Trinajstić information content (AvgIpc) is 3.12. The molecule has 0 saturated carbocycles. The molecule has 0 aliphatic carbocycles. The maximum atomic E-state index is 12.7. The minimum atomic E-state index is 0.0745. The van der Waals surface area contributed by atoms with Gasteiger partial charge in [0.2, 0.25) is 5.91 Å². The summed E-state index contributed by atoms with van der Waals surface area (Å²) in [4.78, 5) is 21.5. The number of aromatic nitrogens is 2. The Labute approximate surface area is 165 Å². The second-order valence-electron chi connectivity index (χ2n) is 7.01. The van der Waals surface area contributed by atoms with Crippen LogP contribution in [0.2, 0.25) is 0 Å². The van der Waals surface area contributed by atoms with Gasteiger partial charge in [-0.25, -0.2) is 0 Å². The van der Waals surface area contributed by atoms with Crippen molar-refractivity contribution in [2.75, 3.05) is 57.1 Å². The standard InChI is InChI=1S/C18H30N6O2S/c1-4-19-17(20-14-18(27-3)5-9-26-10-6-18)23-7-8-24(16(25)13-23)15-11-21-22(2)12-15/h11-12H,4-10,13-14H2,1-3H3,(H,19,20). The smallest absolute Gasteiger partial charge is 0.246 e. The third-order valence-corrected chi connectivity index (χ3v) is 6.62. The minimum absolute atomic E-state index is 0.0745. The molecule has 150 valence electrons. The van der Waals surface area contributed by atoms with Gasteiger partial charge in [-0.2, -0.15) is 16.9 Å². The number of aryl methyl sites for hydroxylation is 1. The molecule has 2 saturated heterocycles. The van der Waals surface area contributed by atoms with E-state index in [0.717, 1.165) is 57.3 Å². The number of rotatable bonds is 5. The second-order valence-corrected chi connectivity index (χ2v) is 8.28. The molecule has 0 spiro atoms. The Hall–Kier alpha value is -1.74. The molecule has 1 amide bonds. The number of aliphatic imine (C=N–C) groups is 1. The van der Waals surface area contributed by atoms with Gasteiger partial charge in [-0.15, -0.1) is 0 Å². The molecule has 3 rings (SSSR count). The van der Waals surface area contributed by atoms with Crippen LogP contribution in [-0.2, 0) is 16.6 Å². The molecule has 9 heteroatoms. The molecule has 8 nitrogen and oxygen atoms in total. The summed E-state index contributed by atoms with van der Waals surface area (Å²) in [5.41, 5.74) is 0.854. The molecular formula is C18H30N6O2S. The van der Waals surface area contributed by atoms with Gasteiger partial charge in [0.05, 0.1) is 18.4 Å². The van der Waals surface area contributed by atoms with Crippen LogP contribution < -0.4 is 10.2 Å². The van der Waals surface area contributed by atoms with Gasteiger partial charge in [0.15, 0.2) is 5.96 Å². The zero-order valence-electron chi connectivity index (χ0n) is 16.5. The van der Waals surface area contributed by atoms with Crippen LogP contribution in [0.4, 0.5) is 5.69 Å². The quantitative estimate of drug-likeness (QED) is 0.592. The number of hydrogen-bond acceptors (Lipinski definition) is 5. The van der Waals surface area contributed by atoms with Crippen molar-refractivity contribution in [1.82, 2.24) is 20.0 Å². The molecular weight excluding hydrogens is 364 g/mol. The van der Waals surface area contributed by atoms with E-state index in [-0.39, 0.29) is 10.7 Å². The summed E-state index contributed by atoms with van der Waals surface area (Å²) in [6.45, 7) is 6.91. The predicted octanol–water partition coefficient (Wildman–Crippen LogP) is 0.946. The van der Waals surface area contributed by atoms with Crippen molar-refractivity contribution in [1.29, 1.82) is 0 Å². The molecule has 0 unspecified atom stereocenters. The Morgan fingerprint density at radius 2 is 2.19 bits per heavy atom.